The number of hydrogen-bond acceptors (Lipinski definition) is 3. The van der Waals surface area contributed by atoms with Crippen molar-refractivity contribution in [3.63, 3.8) is 0 Å². The number of rotatable bonds is 5. The summed E-state index contributed by atoms with van der Waals surface area (Å²) in [5.41, 5.74) is 0. The summed E-state index contributed by atoms with van der Waals surface area (Å²) in [6.45, 7) is 3.63. The van der Waals surface area contributed by atoms with E-state index >= 15 is 0 Å². The summed E-state index contributed by atoms with van der Waals surface area (Å²) < 4.78 is 1.80. The molecule has 0 bridgehead atoms. The molecule has 1 aromatic rings. The minimum Gasteiger partial charge on any atom is -0.480 e. The first kappa shape index (κ1) is 15.3. The van der Waals surface area contributed by atoms with Gasteiger partial charge in [-0.2, -0.15) is 5.10 Å². The van der Waals surface area contributed by atoms with E-state index < -0.39 is 12.0 Å². The Labute approximate surface area is 123 Å². The highest BCUT2D eigenvalue weighted by Gasteiger charge is 2.36. The molecule has 0 spiro atoms. The van der Waals surface area contributed by atoms with Crippen LogP contribution in [0.5, 0.6) is 0 Å². The van der Waals surface area contributed by atoms with Crippen LogP contribution in [-0.2, 0) is 11.3 Å². The minimum atomic E-state index is -0.922. The Morgan fingerprint density at radius 2 is 2.29 bits per heavy atom. The summed E-state index contributed by atoms with van der Waals surface area (Å²) in [6.07, 6.45) is 6.04. The fourth-order valence-corrected chi connectivity index (χ4v) is 2.76. The predicted molar refractivity (Wildman–Crippen MR) is 76.8 cm³/mol. The van der Waals surface area contributed by atoms with Crippen LogP contribution in [0.2, 0.25) is 0 Å². The van der Waals surface area contributed by atoms with Gasteiger partial charge in [0.25, 0.3) is 0 Å². The molecule has 1 saturated heterocycles. The second kappa shape index (κ2) is 7.10. The molecule has 7 heteroatoms. The summed E-state index contributed by atoms with van der Waals surface area (Å²) in [7, 11) is 0. The average molecular weight is 294 g/mol. The van der Waals surface area contributed by atoms with Gasteiger partial charge in [-0.3, -0.25) is 4.68 Å². The SMILES string of the molecule is CC1CCCN(C(=O)NCCCn2cccn2)C1C(=O)O. The molecule has 1 aromatic heterocycles. The normalized spacial score (nSPS) is 22.0. The van der Waals surface area contributed by atoms with Gasteiger partial charge in [0, 0.05) is 32.0 Å². The zero-order valence-corrected chi connectivity index (χ0v) is 12.2. The molecule has 0 saturated carbocycles. The fraction of sp³-hybridized carbons (Fsp3) is 0.643. The summed E-state index contributed by atoms with van der Waals surface area (Å²) in [5.74, 6) is -0.931. The lowest BCUT2D eigenvalue weighted by molar-refractivity contribution is -0.145. The fourth-order valence-electron chi connectivity index (χ4n) is 2.76. The van der Waals surface area contributed by atoms with E-state index in [-0.39, 0.29) is 11.9 Å². The van der Waals surface area contributed by atoms with E-state index in [4.69, 9.17) is 0 Å². The van der Waals surface area contributed by atoms with E-state index in [1.54, 1.807) is 10.9 Å². The number of hydrogen-bond donors (Lipinski definition) is 2. The molecule has 0 radical (unpaired) electrons. The van der Waals surface area contributed by atoms with Crippen LogP contribution in [0.4, 0.5) is 4.79 Å². The predicted octanol–water partition coefficient (Wildman–Crippen LogP) is 1.17. The number of aromatic nitrogens is 2. The zero-order chi connectivity index (χ0) is 15.2. The number of amides is 2. The molecule has 0 aliphatic carbocycles. The first-order valence-electron chi connectivity index (χ1n) is 7.34. The Bertz CT molecular complexity index is 475. The molecule has 1 aliphatic rings. The number of aliphatic carboxylic acids is 1. The molecular formula is C14H22N4O3. The smallest absolute Gasteiger partial charge is 0.326 e. The molecule has 0 aromatic carbocycles. The second-order valence-corrected chi connectivity index (χ2v) is 5.45. The van der Waals surface area contributed by atoms with Crippen LogP contribution in [0, 0.1) is 5.92 Å². The van der Waals surface area contributed by atoms with Crippen LogP contribution in [0.15, 0.2) is 18.5 Å². The minimum absolute atomic E-state index is 0.00826. The van der Waals surface area contributed by atoms with Crippen molar-refractivity contribution in [1.29, 1.82) is 0 Å². The molecule has 1 fully saturated rings. The molecule has 2 unspecified atom stereocenters. The topological polar surface area (TPSA) is 87.5 Å². The lowest BCUT2D eigenvalue weighted by Gasteiger charge is -2.37. The van der Waals surface area contributed by atoms with Gasteiger partial charge in [0.15, 0.2) is 0 Å². The Kier molecular flexibility index (Phi) is 5.19. The van der Waals surface area contributed by atoms with Gasteiger partial charge in [-0.15, -0.1) is 0 Å². The van der Waals surface area contributed by atoms with Crippen molar-refractivity contribution in [3.05, 3.63) is 18.5 Å². The number of piperidine rings is 1. The summed E-state index contributed by atoms with van der Waals surface area (Å²) in [4.78, 5) is 24.9. The van der Waals surface area contributed by atoms with Gasteiger partial charge in [0.1, 0.15) is 6.04 Å². The lowest BCUT2D eigenvalue weighted by Crippen LogP contribution is -2.55. The Balaban J connectivity index is 1.79. The van der Waals surface area contributed by atoms with Crippen molar-refractivity contribution in [2.75, 3.05) is 13.1 Å². The third-order valence-corrected chi connectivity index (χ3v) is 3.85. The molecular weight excluding hydrogens is 272 g/mol. The van der Waals surface area contributed by atoms with E-state index in [2.05, 4.69) is 10.4 Å². The van der Waals surface area contributed by atoms with Crippen molar-refractivity contribution < 1.29 is 14.7 Å². The van der Waals surface area contributed by atoms with Gasteiger partial charge in [0.2, 0.25) is 0 Å². The quantitative estimate of drug-likeness (QED) is 0.798. The Morgan fingerprint density at radius 1 is 1.48 bits per heavy atom. The zero-order valence-electron chi connectivity index (χ0n) is 12.2. The third-order valence-electron chi connectivity index (χ3n) is 3.85. The Hall–Kier alpha value is -2.05. The van der Waals surface area contributed by atoms with Gasteiger partial charge in [0.05, 0.1) is 0 Å². The van der Waals surface area contributed by atoms with Crippen molar-refractivity contribution in [2.24, 2.45) is 5.92 Å². The standard InChI is InChI=1S/C14H22N4O3/c1-11-5-2-10-18(12(11)13(19)20)14(21)15-6-3-8-17-9-4-7-16-17/h4,7,9,11-12H,2-3,5-6,8,10H2,1H3,(H,15,21)(H,19,20). The van der Waals surface area contributed by atoms with Crippen LogP contribution in [0.25, 0.3) is 0 Å². The molecule has 2 N–H and O–H groups in total. The van der Waals surface area contributed by atoms with Gasteiger partial charge >= 0.3 is 12.0 Å². The first-order valence-corrected chi connectivity index (χ1v) is 7.34. The summed E-state index contributed by atoms with van der Waals surface area (Å²) in [5, 5.41) is 16.2. The molecule has 1 aliphatic heterocycles. The van der Waals surface area contributed by atoms with Crippen molar-refractivity contribution in [3.8, 4) is 0 Å². The maximum Gasteiger partial charge on any atom is 0.326 e. The third kappa shape index (κ3) is 3.96. The van der Waals surface area contributed by atoms with Crippen molar-refractivity contribution >= 4 is 12.0 Å². The highest BCUT2D eigenvalue weighted by Crippen LogP contribution is 2.23. The number of carbonyl (C=O) groups excluding carboxylic acids is 1. The summed E-state index contributed by atoms with van der Waals surface area (Å²) >= 11 is 0. The Morgan fingerprint density at radius 3 is 2.95 bits per heavy atom. The van der Waals surface area contributed by atoms with Crippen LogP contribution in [0.3, 0.4) is 0 Å². The number of nitrogens with zero attached hydrogens (tertiary/aromatic N) is 3. The number of urea groups is 1. The molecule has 2 rings (SSSR count). The number of nitrogens with one attached hydrogen (secondary N) is 1. The largest absolute Gasteiger partial charge is 0.480 e. The van der Waals surface area contributed by atoms with Crippen LogP contribution in [-0.4, -0.2) is 50.9 Å². The number of likely N-dealkylation sites (tertiary alicyclic amines) is 1. The first-order chi connectivity index (χ1) is 10.1. The number of carboxylic acids is 1. The maximum absolute atomic E-state index is 12.1. The van der Waals surface area contributed by atoms with Gasteiger partial charge in [-0.25, -0.2) is 9.59 Å². The van der Waals surface area contributed by atoms with Crippen molar-refractivity contribution in [2.45, 2.75) is 38.8 Å². The second-order valence-electron chi connectivity index (χ2n) is 5.45. The van der Waals surface area contributed by atoms with E-state index in [1.165, 1.54) is 4.90 Å². The maximum atomic E-state index is 12.1. The molecule has 2 atom stereocenters. The monoisotopic (exact) mass is 294 g/mol. The summed E-state index contributed by atoms with van der Waals surface area (Å²) in [6, 6.07) is 0.852. The highest BCUT2D eigenvalue weighted by molar-refractivity contribution is 5.83. The number of carbonyl (C=O) groups is 2. The molecule has 116 valence electrons. The van der Waals surface area contributed by atoms with Crippen LogP contribution >= 0.6 is 0 Å². The molecule has 7 nitrogen and oxygen atoms in total. The van der Waals surface area contributed by atoms with Gasteiger partial charge in [-0.1, -0.05) is 6.92 Å². The number of aryl methyl sites for hydroxylation is 1. The van der Waals surface area contributed by atoms with Gasteiger partial charge in [-0.05, 0) is 31.2 Å². The molecule has 21 heavy (non-hydrogen) atoms. The van der Waals surface area contributed by atoms with E-state index in [0.29, 0.717) is 13.1 Å². The molecule has 2 heterocycles. The average Bonchev–Trinajstić information content (AvgIpc) is 2.95. The highest BCUT2D eigenvalue weighted by atomic mass is 16.4. The molecule has 2 amide bonds. The van der Waals surface area contributed by atoms with Crippen molar-refractivity contribution in [1.82, 2.24) is 20.0 Å². The number of carboxylic acid groups (broad SMARTS) is 1. The van der Waals surface area contributed by atoms with Crippen LogP contribution in [0.1, 0.15) is 26.2 Å². The van der Waals surface area contributed by atoms with Gasteiger partial charge < -0.3 is 15.3 Å². The van der Waals surface area contributed by atoms with Crippen LogP contribution < -0.4 is 5.32 Å². The van der Waals surface area contributed by atoms with E-state index in [9.17, 15) is 14.7 Å². The van der Waals surface area contributed by atoms with E-state index in [0.717, 1.165) is 25.8 Å². The lowest BCUT2D eigenvalue weighted by atomic mass is 9.91. The van der Waals surface area contributed by atoms with E-state index in [1.807, 2.05) is 19.2 Å².